The van der Waals surface area contributed by atoms with Gasteiger partial charge < -0.3 is 10.1 Å². The molecule has 0 saturated carbocycles. The lowest BCUT2D eigenvalue weighted by Gasteiger charge is -2.25. The number of nitro benzene ring substituents is 1. The van der Waals surface area contributed by atoms with E-state index in [4.69, 9.17) is 28.6 Å². The van der Waals surface area contributed by atoms with Crippen molar-refractivity contribution in [3.8, 4) is 5.75 Å². The van der Waals surface area contributed by atoms with Crippen LogP contribution >= 0.6 is 23.8 Å². The van der Waals surface area contributed by atoms with Crippen LogP contribution in [0.5, 0.6) is 5.75 Å². The van der Waals surface area contributed by atoms with Crippen LogP contribution in [0.2, 0.25) is 5.02 Å². The maximum Gasteiger partial charge on any atom is 0.273 e. The standard InChI is InChI=1S/C9H7ClN2O3S/c1-4-9(16)11-7-3-5(12(13)14)2-6(10)8(7)15-4/h2-4H,1H3,(H,11,16). The minimum atomic E-state index is -0.519. The van der Waals surface area contributed by atoms with E-state index in [2.05, 4.69) is 5.32 Å². The van der Waals surface area contributed by atoms with Gasteiger partial charge in [0.1, 0.15) is 11.1 Å². The number of anilines is 1. The fraction of sp³-hybridized carbons (Fsp3) is 0.222. The van der Waals surface area contributed by atoms with Gasteiger partial charge in [0.15, 0.2) is 5.75 Å². The summed E-state index contributed by atoms with van der Waals surface area (Å²) in [6.45, 7) is 1.77. The van der Waals surface area contributed by atoms with Crippen molar-refractivity contribution >= 4 is 40.2 Å². The molecule has 0 aliphatic carbocycles. The Kier molecular flexibility index (Phi) is 2.69. The normalized spacial score (nSPS) is 18.4. The van der Waals surface area contributed by atoms with Gasteiger partial charge in [-0.15, -0.1) is 0 Å². The van der Waals surface area contributed by atoms with Gasteiger partial charge in [0.25, 0.3) is 5.69 Å². The Hall–Kier alpha value is -1.40. The van der Waals surface area contributed by atoms with Gasteiger partial charge in [0.05, 0.1) is 15.6 Å². The number of fused-ring (bicyclic) bond motifs is 1. The molecule has 2 rings (SSSR count). The molecule has 84 valence electrons. The third-order valence-corrected chi connectivity index (χ3v) is 2.88. The van der Waals surface area contributed by atoms with E-state index in [1.54, 1.807) is 6.92 Å². The van der Waals surface area contributed by atoms with E-state index in [0.717, 1.165) is 0 Å². The summed E-state index contributed by atoms with van der Waals surface area (Å²) in [6, 6.07) is 2.60. The smallest absolute Gasteiger partial charge is 0.273 e. The molecule has 0 amide bonds. The molecule has 0 bridgehead atoms. The van der Waals surface area contributed by atoms with Crippen LogP contribution in [0.25, 0.3) is 0 Å². The van der Waals surface area contributed by atoms with Crippen LogP contribution in [0.15, 0.2) is 12.1 Å². The molecular formula is C9H7ClN2O3S. The molecule has 7 heteroatoms. The molecule has 1 aliphatic rings. The average Bonchev–Trinajstić information content (AvgIpc) is 2.20. The molecule has 0 radical (unpaired) electrons. The number of nitrogens with zero attached hydrogens (tertiary/aromatic N) is 1. The molecule has 1 aromatic rings. The van der Waals surface area contributed by atoms with E-state index < -0.39 is 4.92 Å². The summed E-state index contributed by atoms with van der Waals surface area (Å²) < 4.78 is 5.45. The molecule has 1 N–H and O–H groups in total. The van der Waals surface area contributed by atoms with E-state index in [0.29, 0.717) is 16.4 Å². The number of rotatable bonds is 1. The highest BCUT2D eigenvalue weighted by atomic mass is 35.5. The maximum atomic E-state index is 10.6. The van der Waals surface area contributed by atoms with E-state index in [-0.39, 0.29) is 16.8 Å². The zero-order valence-electron chi connectivity index (χ0n) is 8.19. The molecule has 0 aromatic heterocycles. The van der Waals surface area contributed by atoms with Crippen LogP contribution in [0, 0.1) is 10.1 Å². The van der Waals surface area contributed by atoms with Crippen LogP contribution in [0.1, 0.15) is 6.92 Å². The minimum absolute atomic E-state index is 0.0998. The molecular weight excluding hydrogens is 252 g/mol. The molecule has 1 aromatic carbocycles. The maximum absolute atomic E-state index is 10.6. The lowest BCUT2D eigenvalue weighted by atomic mass is 10.2. The largest absolute Gasteiger partial charge is 0.480 e. The summed E-state index contributed by atoms with van der Waals surface area (Å²) in [5, 5.41) is 13.7. The van der Waals surface area contributed by atoms with Crippen molar-refractivity contribution in [3.63, 3.8) is 0 Å². The monoisotopic (exact) mass is 258 g/mol. The average molecular weight is 259 g/mol. The Labute approximate surface area is 101 Å². The van der Waals surface area contributed by atoms with Crippen LogP contribution < -0.4 is 10.1 Å². The molecule has 1 atom stereocenters. The molecule has 0 saturated heterocycles. The van der Waals surface area contributed by atoms with E-state index >= 15 is 0 Å². The second kappa shape index (κ2) is 3.88. The third-order valence-electron chi connectivity index (χ3n) is 2.16. The van der Waals surface area contributed by atoms with Gasteiger partial charge in [0, 0.05) is 12.1 Å². The summed E-state index contributed by atoms with van der Waals surface area (Å²) in [4.78, 5) is 10.6. The van der Waals surface area contributed by atoms with Gasteiger partial charge in [-0.1, -0.05) is 23.8 Å². The summed E-state index contributed by atoms with van der Waals surface area (Å²) >= 11 is 10.9. The van der Waals surface area contributed by atoms with Crippen molar-refractivity contribution in [2.45, 2.75) is 13.0 Å². The molecule has 1 unspecified atom stereocenters. The van der Waals surface area contributed by atoms with Gasteiger partial charge in [-0.05, 0) is 6.92 Å². The summed E-state index contributed by atoms with van der Waals surface area (Å²) in [6.07, 6.45) is -0.290. The highest BCUT2D eigenvalue weighted by Gasteiger charge is 2.25. The van der Waals surface area contributed by atoms with E-state index in [1.165, 1.54) is 12.1 Å². The SMILES string of the molecule is CC1Oc2c(Cl)cc([N+](=O)[O-])cc2NC1=S. The molecule has 16 heavy (non-hydrogen) atoms. The number of hydrogen-bond donors (Lipinski definition) is 1. The van der Waals surface area contributed by atoms with E-state index in [9.17, 15) is 10.1 Å². The molecule has 1 heterocycles. The quantitative estimate of drug-likeness (QED) is 0.477. The second-order valence-corrected chi connectivity index (χ2v) is 4.16. The second-order valence-electron chi connectivity index (χ2n) is 3.31. The van der Waals surface area contributed by atoms with Gasteiger partial charge in [-0.25, -0.2) is 0 Å². The van der Waals surface area contributed by atoms with Crippen molar-refractivity contribution in [1.82, 2.24) is 0 Å². The van der Waals surface area contributed by atoms with Crippen molar-refractivity contribution in [1.29, 1.82) is 0 Å². The molecule has 0 spiro atoms. The van der Waals surface area contributed by atoms with Gasteiger partial charge >= 0.3 is 0 Å². The fourth-order valence-corrected chi connectivity index (χ4v) is 1.78. The van der Waals surface area contributed by atoms with Crippen molar-refractivity contribution in [2.75, 3.05) is 5.32 Å². The molecule has 0 fully saturated rings. The van der Waals surface area contributed by atoms with Gasteiger partial charge in [-0.2, -0.15) is 0 Å². The van der Waals surface area contributed by atoms with Crippen LogP contribution in [-0.4, -0.2) is 16.0 Å². The first-order valence-electron chi connectivity index (χ1n) is 4.44. The van der Waals surface area contributed by atoms with E-state index in [1.807, 2.05) is 0 Å². The van der Waals surface area contributed by atoms with Crippen molar-refractivity contribution < 1.29 is 9.66 Å². The van der Waals surface area contributed by atoms with Crippen LogP contribution in [0.3, 0.4) is 0 Å². The van der Waals surface area contributed by atoms with Gasteiger partial charge in [0.2, 0.25) is 0 Å². The third kappa shape index (κ3) is 1.81. The highest BCUT2D eigenvalue weighted by Crippen LogP contribution is 2.40. The Balaban J connectivity index is 2.52. The van der Waals surface area contributed by atoms with Crippen molar-refractivity contribution in [2.24, 2.45) is 0 Å². The summed E-state index contributed by atoms with van der Waals surface area (Å²) in [5.74, 6) is 0.397. The molecule has 1 aliphatic heterocycles. The number of halogens is 1. The zero-order chi connectivity index (χ0) is 11.9. The Morgan fingerprint density at radius 2 is 2.31 bits per heavy atom. The lowest BCUT2D eigenvalue weighted by Crippen LogP contribution is -2.33. The zero-order valence-corrected chi connectivity index (χ0v) is 9.76. The predicted molar refractivity (Wildman–Crippen MR) is 64.4 cm³/mol. The summed E-state index contributed by atoms with van der Waals surface area (Å²) in [7, 11) is 0. The first-order chi connectivity index (χ1) is 7.49. The first kappa shape index (κ1) is 11.1. The minimum Gasteiger partial charge on any atom is -0.480 e. The number of nitro groups is 1. The molecule has 5 nitrogen and oxygen atoms in total. The highest BCUT2D eigenvalue weighted by molar-refractivity contribution is 7.80. The number of thiocarbonyl (C=S) groups is 1. The number of non-ortho nitro benzene ring substituents is 1. The Bertz CT molecular complexity index is 492. The first-order valence-corrected chi connectivity index (χ1v) is 5.23. The van der Waals surface area contributed by atoms with Crippen LogP contribution in [-0.2, 0) is 0 Å². The number of hydrogen-bond acceptors (Lipinski definition) is 4. The number of ether oxygens (including phenoxy) is 1. The summed E-state index contributed by atoms with van der Waals surface area (Å²) in [5.41, 5.74) is 0.333. The van der Waals surface area contributed by atoms with Crippen LogP contribution in [0.4, 0.5) is 11.4 Å². The van der Waals surface area contributed by atoms with Gasteiger partial charge in [-0.3, -0.25) is 10.1 Å². The number of benzene rings is 1. The Morgan fingerprint density at radius 1 is 1.62 bits per heavy atom. The number of nitrogens with one attached hydrogen (secondary N) is 1. The van der Waals surface area contributed by atoms with Crippen molar-refractivity contribution in [3.05, 3.63) is 27.3 Å². The fourth-order valence-electron chi connectivity index (χ4n) is 1.36. The lowest BCUT2D eigenvalue weighted by molar-refractivity contribution is -0.384. The Morgan fingerprint density at radius 3 is 2.94 bits per heavy atom. The topological polar surface area (TPSA) is 64.4 Å². The predicted octanol–water partition coefficient (Wildman–Crippen LogP) is 2.77.